The van der Waals surface area contributed by atoms with Crippen LogP contribution in [0.25, 0.3) is 10.8 Å². The summed E-state index contributed by atoms with van der Waals surface area (Å²) in [6.07, 6.45) is 0. The fourth-order valence-corrected chi connectivity index (χ4v) is 2.34. The first-order valence-electron chi connectivity index (χ1n) is 5.51. The normalized spacial score (nSPS) is 10.5. The summed E-state index contributed by atoms with van der Waals surface area (Å²) in [5.41, 5.74) is 1.63. The summed E-state index contributed by atoms with van der Waals surface area (Å²) >= 11 is 3.41. The van der Waals surface area contributed by atoms with Crippen molar-refractivity contribution >= 4 is 32.7 Å². The molecule has 3 heteroatoms. The Morgan fingerprint density at radius 3 is 2.71 bits per heavy atom. The number of esters is 1. The van der Waals surface area contributed by atoms with Crippen LogP contribution in [0.1, 0.15) is 22.8 Å². The molecule has 88 valence electrons. The van der Waals surface area contributed by atoms with E-state index in [9.17, 15) is 4.79 Å². The van der Waals surface area contributed by atoms with E-state index < -0.39 is 0 Å². The summed E-state index contributed by atoms with van der Waals surface area (Å²) in [5.74, 6) is -0.251. The Bertz CT molecular complexity index is 549. The zero-order valence-corrected chi connectivity index (χ0v) is 11.2. The van der Waals surface area contributed by atoms with E-state index in [0.29, 0.717) is 17.5 Å². The largest absolute Gasteiger partial charge is 0.462 e. The molecule has 0 aliphatic carbocycles. The third kappa shape index (κ3) is 2.34. The van der Waals surface area contributed by atoms with Crippen LogP contribution in [0.4, 0.5) is 0 Å². The Morgan fingerprint density at radius 1 is 1.24 bits per heavy atom. The lowest BCUT2D eigenvalue weighted by atomic mass is 10.00. The molecule has 2 aromatic carbocycles. The van der Waals surface area contributed by atoms with Gasteiger partial charge in [0, 0.05) is 5.33 Å². The van der Waals surface area contributed by atoms with Gasteiger partial charge in [0.15, 0.2) is 0 Å². The Hall–Kier alpha value is -1.35. The molecule has 17 heavy (non-hydrogen) atoms. The van der Waals surface area contributed by atoms with E-state index in [4.69, 9.17) is 4.74 Å². The molecule has 2 aromatic rings. The average Bonchev–Trinajstić information content (AvgIpc) is 2.37. The van der Waals surface area contributed by atoms with Gasteiger partial charge in [0.2, 0.25) is 0 Å². The fraction of sp³-hybridized carbons (Fsp3) is 0.214. The van der Waals surface area contributed by atoms with Crippen LogP contribution in [0.2, 0.25) is 0 Å². The molecular weight excluding hydrogens is 280 g/mol. The number of hydrogen-bond acceptors (Lipinski definition) is 2. The highest BCUT2D eigenvalue weighted by Gasteiger charge is 2.15. The number of alkyl halides is 1. The SMILES string of the molecule is CCOC(=O)c1c(CBr)ccc2ccccc12. The molecule has 0 radical (unpaired) electrons. The lowest BCUT2D eigenvalue weighted by Gasteiger charge is -2.10. The van der Waals surface area contributed by atoms with Gasteiger partial charge in [-0.25, -0.2) is 4.79 Å². The van der Waals surface area contributed by atoms with Crippen molar-refractivity contribution in [3.8, 4) is 0 Å². The molecule has 0 spiro atoms. The summed E-state index contributed by atoms with van der Waals surface area (Å²) in [7, 11) is 0. The monoisotopic (exact) mass is 292 g/mol. The van der Waals surface area contributed by atoms with Crippen molar-refractivity contribution in [2.24, 2.45) is 0 Å². The maximum absolute atomic E-state index is 12.0. The smallest absolute Gasteiger partial charge is 0.339 e. The maximum atomic E-state index is 12.0. The molecule has 0 aliphatic rings. The fourth-order valence-electron chi connectivity index (χ4n) is 1.87. The highest BCUT2D eigenvalue weighted by Crippen LogP contribution is 2.25. The zero-order valence-electron chi connectivity index (χ0n) is 9.57. The van der Waals surface area contributed by atoms with E-state index in [0.717, 1.165) is 16.3 Å². The predicted octanol–water partition coefficient (Wildman–Crippen LogP) is 3.91. The van der Waals surface area contributed by atoms with Gasteiger partial charge in [-0.2, -0.15) is 0 Å². The third-order valence-corrected chi connectivity index (χ3v) is 3.24. The summed E-state index contributed by atoms with van der Waals surface area (Å²) in [6, 6.07) is 11.8. The Balaban J connectivity index is 2.67. The van der Waals surface area contributed by atoms with E-state index in [1.165, 1.54) is 0 Å². The van der Waals surface area contributed by atoms with Gasteiger partial charge >= 0.3 is 5.97 Å². The minimum Gasteiger partial charge on any atom is -0.462 e. The Kier molecular flexibility index (Phi) is 3.79. The topological polar surface area (TPSA) is 26.3 Å². The molecule has 0 saturated heterocycles. The van der Waals surface area contributed by atoms with Crippen molar-refractivity contribution in [2.75, 3.05) is 6.61 Å². The molecule has 0 saturated carbocycles. The van der Waals surface area contributed by atoms with Crippen LogP contribution in [-0.4, -0.2) is 12.6 Å². The van der Waals surface area contributed by atoms with Gasteiger partial charge in [-0.05, 0) is 23.3 Å². The number of fused-ring (bicyclic) bond motifs is 1. The van der Waals surface area contributed by atoms with Crippen molar-refractivity contribution in [1.82, 2.24) is 0 Å². The summed E-state index contributed by atoms with van der Waals surface area (Å²) in [5, 5.41) is 2.65. The molecule has 0 N–H and O–H groups in total. The number of benzene rings is 2. The average molecular weight is 293 g/mol. The molecule has 2 rings (SSSR count). The van der Waals surface area contributed by atoms with Gasteiger partial charge in [-0.3, -0.25) is 0 Å². The summed E-state index contributed by atoms with van der Waals surface area (Å²) < 4.78 is 5.12. The van der Waals surface area contributed by atoms with Gasteiger partial charge in [-0.15, -0.1) is 0 Å². The molecule has 2 nitrogen and oxygen atoms in total. The van der Waals surface area contributed by atoms with Gasteiger partial charge in [0.25, 0.3) is 0 Å². The van der Waals surface area contributed by atoms with E-state index in [2.05, 4.69) is 15.9 Å². The third-order valence-electron chi connectivity index (χ3n) is 2.64. The van der Waals surface area contributed by atoms with Crippen LogP contribution in [0.15, 0.2) is 36.4 Å². The summed E-state index contributed by atoms with van der Waals surface area (Å²) in [4.78, 5) is 12.0. The molecule has 0 heterocycles. The van der Waals surface area contributed by atoms with Gasteiger partial charge < -0.3 is 4.74 Å². The molecule has 0 aromatic heterocycles. The number of halogens is 1. The molecule has 0 bridgehead atoms. The highest BCUT2D eigenvalue weighted by molar-refractivity contribution is 9.08. The van der Waals surface area contributed by atoms with Crippen molar-refractivity contribution in [2.45, 2.75) is 12.3 Å². The van der Waals surface area contributed by atoms with Crippen LogP contribution < -0.4 is 0 Å². The molecule has 0 atom stereocenters. The first kappa shape index (κ1) is 12.1. The second-order valence-electron chi connectivity index (χ2n) is 3.67. The van der Waals surface area contributed by atoms with Crippen molar-refractivity contribution in [1.29, 1.82) is 0 Å². The van der Waals surface area contributed by atoms with Crippen molar-refractivity contribution in [3.63, 3.8) is 0 Å². The lowest BCUT2D eigenvalue weighted by molar-refractivity contribution is 0.0528. The van der Waals surface area contributed by atoms with Crippen LogP contribution >= 0.6 is 15.9 Å². The Labute approximate surface area is 109 Å². The van der Waals surface area contributed by atoms with Crippen LogP contribution in [0, 0.1) is 0 Å². The number of rotatable bonds is 3. The molecule has 0 unspecified atom stereocenters. The number of hydrogen-bond donors (Lipinski definition) is 0. The first-order chi connectivity index (χ1) is 8.27. The number of ether oxygens (including phenoxy) is 1. The van der Waals surface area contributed by atoms with Crippen LogP contribution in [0.3, 0.4) is 0 Å². The second kappa shape index (κ2) is 5.32. The zero-order chi connectivity index (χ0) is 12.3. The van der Waals surface area contributed by atoms with Gasteiger partial charge in [-0.1, -0.05) is 52.3 Å². The van der Waals surface area contributed by atoms with E-state index in [-0.39, 0.29) is 5.97 Å². The Morgan fingerprint density at radius 2 is 2.00 bits per heavy atom. The standard InChI is InChI=1S/C14H13BrO2/c1-2-17-14(16)13-11(9-15)8-7-10-5-3-4-6-12(10)13/h3-8H,2,9H2,1H3. The van der Waals surface area contributed by atoms with Gasteiger partial charge in [0.1, 0.15) is 0 Å². The second-order valence-corrected chi connectivity index (χ2v) is 4.24. The molecule has 0 aliphatic heterocycles. The lowest BCUT2D eigenvalue weighted by Crippen LogP contribution is -2.08. The van der Waals surface area contributed by atoms with E-state index in [1.54, 1.807) is 0 Å². The first-order valence-corrected chi connectivity index (χ1v) is 6.63. The number of carbonyl (C=O) groups excluding carboxylic acids is 1. The molecule has 0 fully saturated rings. The van der Waals surface area contributed by atoms with E-state index in [1.807, 2.05) is 43.3 Å². The molecular formula is C14H13BrO2. The minimum absolute atomic E-state index is 0.251. The van der Waals surface area contributed by atoms with Crippen LogP contribution in [-0.2, 0) is 10.1 Å². The maximum Gasteiger partial charge on any atom is 0.339 e. The number of carbonyl (C=O) groups is 1. The minimum atomic E-state index is -0.251. The van der Waals surface area contributed by atoms with E-state index >= 15 is 0 Å². The van der Waals surface area contributed by atoms with Crippen molar-refractivity contribution in [3.05, 3.63) is 47.5 Å². The van der Waals surface area contributed by atoms with Crippen LogP contribution in [0.5, 0.6) is 0 Å². The quantitative estimate of drug-likeness (QED) is 0.633. The highest BCUT2D eigenvalue weighted by atomic mass is 79.9. The summed E-state index contributed by atoms with van der Waals surface area (Å²) in [6.45, 7) is 2.21. The van der Waals surface area contributed by atoms with Crippen molar-refractivity contribution < 1.29 is 9.53 Å². The van der Waals surface area contributed by atoms with Gasteiger partial charge in [0.05, 0.1) is 12.2 Å². The predicted molar refractivity (Wildman–Crippen MR) is 72.5 cm³/mol. The molecule has 0 amide bonds.